The number of methoxy groups -OCH3 is 1. The van der Waals surface area contributed by atoms with Crippen molar-refractivity contribution in [2.75, 3.05) is 13.7 Å². The SMILES string of the molecule is COc1ccc2nccc(CCOC(C)=O)c2n1. The smallest absolute Gasteiger partial charge is 0.302 e. The molecule has 0 aliphatic heterocycles. The number of carbonyl (C=O) groups excluding carboxylic acids is 1. The third kappa shape index (κ3) is 2.74. The first-order chi connectivity index (χ1) is 8.70. The van der Waals surface area contributed by atoms with Crippen molar-refractivity contribution in [3.8, 4) is 5.88 Å². The lowest BCUT2D eigenvalue weighted by atomic mass is 10.1. The Balaban J connectivity index is 2.28. The van der Waals surface area contributed by atoms with E-state index >= 15 is 0 Å². The molecule has 2 aromatic rings. The Kier molecular flexibility index (Phi) is 3.72. The van der Waals surface area contributed by atoms with Gasteiger partial charge in [-0.05, 0) is 17.7 Å². The van der Waals surface area contributed by atoms with E-state index in [-0.39, 0.29) is 5.97 Å². The first-order valence-electron chi connectivity index (χ1n) is 5.62. The van der Waals surface area contributed by atoms with Crippen LogP contribution in [0, 0.1) is 0 Å². The molecular formula is C13H14N2O3. The summed E-state index contributed by atoms with van der Waals surface area (Å²) in [6.07, 6.45) is 2.33. The molecule has 0 spiro atoms. The van der Waals surface area contributed by atoms with Crippen LogP contribution < -0.4 is 4.74 Å². The van der Waals surface area contributed by atoms with Crippen LogP contribution in [0.15, 0.2) is 24.4 Å². The summed E-state index contributed by atoms with van der Waals surface area (Å²) in [5.74, 6) is 0.267. The van der Waals surface area contributed by atoms with Crippen LogP contribution in [0.3, 0.4) is 0 Å². The van der Waals surface area contributed by atoms with Crippen LogP contribution in [0.5, 0.6) is 5.88 Å². The molecule has 0 atom stereocenters. The maximum Gasteiger partial charge on any atom is 0.302 e. The summed E-state index contributed by atoms with van der Waals surface area (Å²) < 4.78 is 10.0. The van der Waals surface area contributed by atoms with E-state index in [1.165, 1.54) is 6.92 Å². The molecule has 2 aromatic heterocycles. The molecule has 0 fully saturated rings. The van der Waals surface area contributed by atoms with Gasteiger partial charge in [-0.3, -0.25) is 9.78 Å². The number of esters is 1. The number of carbonyl (C=O) groups is 1. The van der Waals surface area contributed by atoms with E-state index in [0.717, 1.165) is 16.6 Å². The summed E-state index contributed by atoms with van der Waals surface area (Å²) in [5.41, 5.74) is 2.57. The molecule has 2 rings (SSSR count). The van der Waals surface area contributed by atoms with Crippen molar-refractivity contribution in [1.82, 2.24) is 9.97 Å². The fraction of sp³-hybridized carbons (Fsp3) is 0.308. The normalized spacial score (nSPS) is 10.3. The maximum absolute atomic E-state index is 10.7. The van der Waals surface area contributed by atoms with Crippen LogP contribution >= 0.6 is 0 Å². The molecule has 18 heavy (non-hydrogen) atoms. The summed E-state index contributed by atoms with van der Waals surface area (Å²) >= 11 is 0. The minimum absolute atomic E-state index is 0.279. The Morgan fingerprint density at radius 2 is 2.17 bits per heavy atom. The lowest BCUT2D eigenvalue weighted by Gasteiger charge is -2.06. The number of ether oxygens (including phenoxy) is 2. The fourth-order valence-corrected chi connectivity index (χ4v) is 1.68. The zero-order chi connectivity index (χ0) is 13.0. The predicted octanol–water partition coefficient (Wildman–Crippen LogP) is 1.74. The molecule has 0 aliphatic rings. The summed E-state index contributed by atoms with van der Waals surface area (Å²) in [5, 5.41) is 0. The molecule has 0 radical (unpaired) electrons. The molecule has 0 aliphatic carbocycles. The van der Waals surface area contributed by atoms with Crippen molar-refractivity contribution in [3.05, 3.63) is 30.0 Å². The van der Waals surface area contributed by atoms with Crippen molar-refractivity contribution in [3.63, 3.8) is 0 Å². The molecule has 5 heteroatoms. The molecular weight excluding hydrogens is 232 g/mol. The second kappa shape index (κ2) is 5.44. The van der Waals surface area contributed by atoms with E-state index in [0.29, 0.717) is 18.9 Å². The number of pyridine rings is 2. The average Bonchev–Trinajstić information content (AvgIpc) is 2.38. The van der Waals surface area contributed by atoms with Crippen LogP contribution in [0.4, 0.5) is 0 Å². The van der Waals surface area contributed by atoms with Crippen molar-refractivity contribution >= 4 is 17.0 Å². The van der Waals surface area contributed by atoms with Crippen molar-refractivity contribution in [1.29, 1.82) is 0 Å². The second-order valence-corrected chi connectivity index (χ2v) is 3.78. The van der Waals surface area contributed by atoms with Gasteiger partial charge in [-0.25, -0.2) is 4.98 Å². The van der Waals surface area contributed by atoms with Gasteiger partial charge < -0.3 is 9.47 Å². The molecule has 0 aromatic carbocycles. The molecule has 0 unspecified atom stereocenters. The Bertz CT molecular complexity index is 569. The Morgan fingerprint density at radius 3 is 2.89 bits per heavy atom. The van der Waals surface area contributed by atoms with Gasteiger partial charge in [-0.15, -0.1) is 0 Å². The van der Waals surface area contributed by atoms with E-state index in [4.69, 9.17) is 9.47 Å². The average molecular weight is 246 g/mol. The maximum atomic E-state index is 10.7. The highest BCUT2D eigenvalue weighted by Gasteiger charge is 2.06. The number of rotatable bonds is 4. The Labute approximate surface area is 105 Å². The van der Waals surface area contributed by atoms with Gasteiger partial charge in [0.05, 0.1) is 24.8 Å². The standard InChI is InChI=1S/C13H14N2O3/c1-9(16)18-8-6-10-5-7-14-11-3-4-12(17-2)15-13(10)11/h3-5,7H,6,8H2,1-2H3. The van der Waals surface area contributed by atoms with E-state index in [2.05, 4.69) is 9.97 Å². The monoisotopic (exact) mass is 246 g/mol. The highest BCUT2D eigenvalue weighted by molar-refractivity contribution is 5.78. The minimum atomic E-state index is -0.279. The number of fused-ring (bicyclic) bond motifs is 1. The van der Waals surface area contributed by atoms with Crippen LogP contribution in [-0.2, 0) is 16.0 Å². The predicted molar refractivity (Wildman–Crippen MR) is 66.4 cm³/mol. The van der Waals surface area contributed by atoms with E-state index in [9.17, 15) is 4.79 Å². The van der Waals surface area contributed by atoms with Crippen LogP contribution in [0.2, 0.25) is 0 Å². The van der Waals surface area contributed by atoms with Crippen molar-refractivity contribution in [2.45, 2.75) is 13.3 Å². The van der Waals surface area contributed by atoms with E-state index in [1.807, 2.05) is 12.1 Å². The van der Waals surface area contributed by atoms with Crippen LogP contribution in [0.1, 0.15) is 12.5 Å². The zero-order valence-electron chi connectivity index (χ0n) is 10.3. The van der Waals surface area contributed by atoms with Crippen LogP contribution in [-0.4, -0.2) is 29.7 Å². The van der Waals surface area contributed by atoms with Gasteiger partial charge in [0.1, 0.15) is 0 Å². The molecule has 94 valence electrons. The van der Waals surface area contributed by atoms with Gasteiger partial charge >= 0.3 is 5.97 Å². The lowest BCUT2D eigenvalue weighted by molar-refractivity contribution is -0.140. The van der Waals surface area contributed by atoms with Gasteiger partial charge in [-0.1, -0.05) is 0 Å². The first-order valence-corrected chi connectivity index (χ1v) is 5.62. The largest absolute Gasteiger partial charge is 0.481 e. The molecule has 0 bridgehead atoms. The zero-order valence-corrected chi connectivity index (χ0v) is 10.3. The van der Waals surface area contributed by atoms with Gasteiger partial charge in [0.25, 0.3) is 0 Å². The van der Waals surface area contributed by atoms with Gasteiger partial charge in [-0.2, -0.15) is 0 Å². The summed E-state index contributed by atoms with van der Waals surface area (Å²) in [6, 6.07) is 5.50. The molecule has 0 saturated carbocycles. The third-order valence-electron chi connectivity index (χ3n) is 2.53. The Morgan fingerprint density at radius 1 is 1.33 bits per heavy atom. The molecule has 2 heterocycles. The summed E-state index contributed by atoms with van der Waals surface area (Å²) in [6.45, 7) is 1.74. The highest BCUT2D eigenvalue weighted by atomic mass is 16.5. The fourth-order valence-electron chi connectivity index (χ4n) is 1.68. The summed E-state index contributed by atoms with van der Waals surface area (Å²) in [4.78, 5) is 19.3. The highest BCUT2D eigenvalue weighted by Crippen LogP contribution is 2.18. The molecule has 0 saturated heterocycles. The van der Waals surface area contributed by atoms with Gasteiger partial charge in [0.2, 0.25) is 5.88 Å². The number of nitrogens with zero attached hydrogens (tertiary/aromatic N) is 2. The van der Waals surface area contributed by atoms with Crippen molar-refractivity contribution < 1.29 is 14.3 Å². The third-order valence-corrected chi connectivity index (χ3v) is 2.53. The first kappa shape index (κ1) is 12.3. The molecule has 0 N–H and O–H groups in total. The van der Waals surface area contributed by atoms with Crippen molar-refractivity contribution in [2.24, 2.45) is 0 Å². The second-order valence-electron chi connectivity index (χ2n) is 3.78. The van der Waals surface area contributed by atoms with Gasteiger partial charge in [0, 0.05) is 25.6 Å². The van der Waals surface area contributed by atoms with E-state index in [1.54, 1.807) is 19.4 Å². The van der Waals surface area contributed by atoms with Crippen LogP contribution in [0.25, 0.3) is 11.0 Å². The lowest BCUT2D eigenvalue weighted by Crippen LogP contribution is -2.04. The topological polar surface area (TPSA) is 61.3 Å². The Hall–Kier alpha value is -2.17. The number of hydrogen-bond donors (Lipinski definition) is 0. The number of aromatic nitrogens is 2. The van der Waals surface area contributed by atoms with Gasteiger partial charge in [0.15, 0.2) is 0 Å². The molecule has 0 amide bonds. The molecule has 5 nitrogen and oxygen atoms in total. The van der Waals surface area contributed by atoms with E-state index < -0.39 is 0 Å². The summed E-state index contributed by atoms with van der Waals surface area (Å²) in [7, 11) is 1.57. The quantitative estimate of drug-likeness (QED) is 0.769. The number of hydrogen-bond acceptors (Lipinski definition) is 5. The minimum Gasteiger partial charge on any atom is -0.481 e.